The van der Waals surface area contributed by atoms with E-state index in [4.69, 9.17) is 9.84 Å². The Bertz CT molecular complexity index is 334. The molecular weight excluding hydrogens is 270 g/mol. The molecule has 1 aromatic carbocycles. The molecule has 1 N–H and O–H groups in total. The number of rotatable bonds is 11. The van der Waals surface area contributed by atoms with Crippen molar-refractivity contribution in [3.63, 3.8) is 0 Å². The molecule has 0 atom stereocenters. The number of hydrogen-bond acceptors (Lipinski definition) is 2. The zero-order chi connectivity index (χ0) is 13.8. The third-order valence-corrected chi connectivity index (χ3v) is 3.35. The van der Waals surface area contributed by atoms with Crippen LogP contribution in [0.25, 0.3) is 0 Å². The van der Waals surface area contributed by atoms with Gasteiger partial charge in [-0.15, -0.1) is 0 Å². The van der Waals surface area contributed by atoms with Gasteiger partial charge in [0.1, 0.15) is 5.75 Å². The third kappa shape index (κ3) is 12.3. The van der Waals surface area contributed by atoms with Crippen LogP contribution in [0, 0.1) is 0 Å². The first-order chi connectivity index (χ1) is 9.36. The van der Waals surface area contributed by atoms with Crippen LogP contribution >= 0.6 is 0 Å². The summed E-state index contributed by atoms with van der Waals surface area (Å²) in [7, 11) is 0. The number of unbranched alkanes of at least 4 members (excludes halogenated alkanes) is 7. The van der Waals surface area contributed by atoms with Gasteiger partial charge in [0.25, 0.3) is 0 Å². The number of aliphatic hydroxyl groups is 1. The van der Waals surface area contributed by atoms with Gasteiger partial charge in [-0.05, 0) is 24.1 Å². The molecule has 0 bridgehead atoms. The Morgan fingerprint density at radius 3 is 2.19 bits per heavy atom. The molecule has 0 fully saturated rings. The van der Waals surface area contributed by atoms with E-state index in [-0.39, 0.29) is 44.6 Å². The van der Waals surface area contributed by atoms with Crippen molar-refractivity contribution in [2.75, 3.05) is 6.61 Å². The Hall–Kier alpha value is 0.0449. The molecule has 0 saturated heterocycles. The van der Waals surface area contributed by atoms with Crippen LogP contribution in [0.4, 0.5) is 0 Å². The zero-order valence-electron chi connectivity index (χ0n) is 13.2. The minimum absolute atomic E-state index is 0. The molecule has 21 heavy (non-hydrogen) atoms. The molecule has 0 unspecified atom stereocenters. The van der Waals surface area contributed by atoms with Crippen LogP contribution in [0.5, 0.6) is 5.75 Å². The molecule has 116 valence electrons. The molecule has 0 aliphatic rings. The average Bonchev–Trinajstić information content (AvgIpc) is 2.46. The van der Waals surface area contributed by atoms with Crippen molar-refractivity contribution in [3.8, 4) is 5.75 Å². The zero-order valence-corrected chi connectivity index (χ0v) is 15.2. The molecule has 1 rings (SSSR count). The maximum Gasteiger partial charge on any atom is 1.00 e. The van der Waals surface area contributed by atoms with Crippen molar-refractivity contribution in [2.45, 2.75) is 64.9 Å². The van der Waals surface area contributed by atoms with Gasteiger partial charge in [-0.3, -0.25) is 0 Å². The first-order valence-electron chi connectivity index (χ1n) is 7.69. The van der Waals surface area contributed by atoms with Gasteiger partial charge in [0.15, 0.2) is 0 Å². The molecule has 0 heterocycles. The number of hydrogen-bond donors (Lipinski definition) is 1. The third-order valence-electron chi connectivity index (χ3n) is 3.35. The molecule has 0 radical (unpaired) electrons. The van der Waals surface area contributed by atoms with E-state index in [1.54, 1.807) is 0 Å². The van der Waals surface area contributed by atoms with Gasteiger partial charge in [0.05, 0.1) is 13.2 Å². The van der Waals surface area contributed by atoms with Gasteiger partial charge < -0.3 is 9.84 Å². The van der Waals surface area contributed by atoms with Gasteiger partial charge >= 0.3 is 29.6 Å². The molecule has 0 amide bonds. The maximum atomic E-state index is 9.04. The van der Waals surface area contributed by atoms with E-state index in [0.717, 1.165) is 24.3 Å². The molecule has 0 aromatic heterocycles. The van der Waals surface area contributed by atoms with E-state index in [1.807, 2.05) is 24.3 Å². The van der Waals surface area contributed by atoms with Crippen LogP contribution in [-0.4, -0.2) is 20.1 Å². The summed E-state index contributed by atoms with van der Waals surface area (Å²) in [6.07, 6.45) is 10.5. The largest absolute Gasteiger partial charge is 1.00 e. The summed E-state index contributed by atoms with van der Waals surface area (Å²) in [6.45, 7) is 3.11. The second kappa shape index (κ2) is 16.4. The van der Waals surface area contributed by atoms with Crippen LogP contribution in [0.2, 0.25) is 0 Å². The topological polar surface area (TPSA) is 29.5 Å². The van der Waals surface area contributed by atoms with E-state index >= 15 is 0 Å². The van der Waals surface area contributed by atoms with E-state index in [0.29, 0.717) is 0 Å². The Labute approximate surface area is 154 Å². The molecule has 0 aliphatic heterocycles. The molecule has 1 aromatic rings. The Kier molecular flexibility index (Phi) is 18.2. The van der Waals surface area contributed by atoms with Crippen LogP contribution in [0.1, 0.15) is 63.9 Å². The molecular formula is C17H32BNaO2. The summed E-state index contributed by atoms with van der Waals surface area (Å²) in [5.41, 5.74) is 0.911. The normalized spacial score (nSPS) is 9.62. The molecule has 0 saturated carbocycles. The summed E-state index contributed by atoms with van der Waals surface area (Å²) in [5.74, 6) is 0.870. The van der Waals surface area contributed by atoms with Gasteiger partial charge in [-0.2, -0.15) is 0 Å². The predicted octanol–water partition coefficient (Wildman–Crippen LogP) is 0.251. The van der Waals surface area contributed by atoms with E-state index < -0.39 is 0 Å². The summed E-state index contributed by atoms with van der Waals surface area (Å²) < 4.78 is 5.68. The van der Waals surface area contributed by atoms with Gasteiger partial charge in [0, 0.05) is 0 Å². The molecule has 4 heteroatoms. The monoisotopic (exact) mass is 302 g/mol. The Morgan fingerprint density at radius 2 is 1.57 bits per heavy atom. The van der Waals surface area contributed by atoms with Gasteiger partial charge in [-0.25, -0.2) is 0 Å². The fraction of sp³-hybridized carbons (Fsp3) is 0.647. The van der Waals surface area contributed by atoms with Crippen LogP contribution in [0.15, 0.2) is 24.3 Å². The van der Waals surface area contributed by atoms with Crippen LogP contribution < -0.4 is 34.3 Å². The fourth-order valence-electron chi connectivity index (χ4n) is 2.16. The molecule has 2 nitrogen and oxygen atoms in total. The first-order valence-corrected chi connectivity index (χ1v) is 7.69. The number of aliphatic hydroxyl groups excluding tert-OH is 1. The van der Waals surface area contributed by atoms with Crippen molar-refractivity contribution >= 4 is 8.41 Å². The second-order valence-electron chi connectivity index (χ2n) is 5.13. The van der Waals surface area contributed by atoms with Gasteiger partial charge in [0.2, 0.25) is 0 Å². The first kappa shape index (κ1) is 23.3. The van der Waals surface area contributed by atoms with Crippen molar-refractivity contribution in [1.82, 2.24) is 0 Å². The summed E-state index contributed by atoms with van der Waals surface area (Å²) in [6, 6.07) is 7.69. The summed E-state index contributed by atoms with van der Waals surface area (Å²) in [5, 5.41) is 9.04. The smallest absolute Gasteiger partial charge is 0.494 e. The number of ether oxygens (including phenoxy) is 1. The average molecular weight is 302 g/mol. The van der Waals surface area contributed by atoms with Crippen molar-refractivity contribution < 1.29 is 39.4 Å². The van der Waals surface area contributed by atoms with Gasteiger partial charge in [-0.1, -0.05) is 72.4 Å². The van der Waals surface area contributed by atoms with Crippen LogP contribution in [0.3, 0.4) is 0 Å². The standard InChI is InChI=1S/C17H28O2.BH4.Na/c1-2-3-4-5-6-7-8-9-13-19-17-12-10-11-16(14-17)15-18;;/h10-12,14,18H,2-9,13,15H2,1H3;1H4;/q;-1;+1. The SMILES string of the molecule is CCCCCCCCCCOc1cccc(CO)c1.[BH4-].[Na+]. The summed E-state index contributed by atoms with van der Waals surface area (Å²) >= 11 is 0. The Morgan fingerprint density at radius 1 is 0.952 bits per heavy atom. The molecule has 0 spiro atoms. The predicted molar refractivity (Wildman–Crippen MR) is 91.8 cm³/mol. The van der Waals surface area contributed by atoms with E-state index in [9.17, 15) is 0 Å². The minimum Gasteiger partial charge on any atom is -0.494 e. The van der Waals surface area contributed by atoms with E-state index in [1.165, 1.54) is 44.9 Å². The number of benzene rings is 1. The van der Waals surface area contributed by atoms with Crippen molar-refractivity contribution in [2.24, 2.45) is 0 Å². The maximum absolute atomic E-state index is 9.04. The molecule has 0 aliphatic carbocycles. The Balaban J connectivity index is 0. The fourth-order valence-corrected chi connectivity index (χ4v) is 2.16. The van der Waals surface area contributed by atoms with Crippen LogP contribution in [-0.2, 0) is 6.61 Å². The van der Waals surface area contributed by atoms with E-state index in [2.05, 4.69) is 6.92 Å². The summed E-state index contributed by atoms with van der Waals surface area (Å²) in [4.78, 5) is 0. The van der Waals surface area contributed by atoms with Crippen molar-refractivity contribution in [1.29, 1.82) is 0 Å². The minimum atomic E-state index is 0. The second-order valence-corrected chi connectivity index (χ2v) is 5.13. The quantitative estimate of drug-likeness (QED) is 0.469. The van der Waals surface area contributed by atoms with Crippen molar-refractivity contribution in [3.05, 3.63) is 29.8 Å².